The van der Waals surface area contributed by atoms with E-state index in [2.05, 4.69) is 5.32 Å². The quantitative estimate of drug-likeness (QED) is 0.607. The fourth-order valence-electron chi connectivity index (χ4n) is 4.65. The van der Waals surface area contributed by atoms with E-state index < -0.39 is 11.1 Å². The molecule has 2 fully saturated rings. The van der Waals surface area contributed by atoms with E-state index in [9.17, 15) is 14.8 Å². The van der Waals surface area contributed by atoms with Crippen molar-refractivity contribution in [1.82, 2.24) is 10.4 Å². The zero-order chi connectivity index (χ0) is 20.9. The van der Waals surface area contributed by atoms with Crippen LogP contribution < -0.4 is 5.32 Å². The Morgan fingerprint density at radius 1 is 1.18 bits per heavy atom. The molecule has 0 spiro atoms. The Morgan fingerprint density at radius 3 is 2.29 bits per heavy atom. The van der Waals surface area contributed by atoms with Gasteiger partial charge in [-0.2, -0.15) is 28.6 Å². The Labute approximate surface area is 179 Å². The fraction of sp³-hybridized carbons (Fsp3) is 0.905. The topological polar surface area (TPSA) is 69.6 Å². The molecule has 2 aliphatic rings. The predicted octanol–water partition coefficient (Wildman–Crippen LogP) is 3.99. The number of hydrogen-bond donors (Lipinski definition) is 2. The fourth-order valence-corrected chi connectivity index (χ4v) is 6.28. The van der Waals surface area contributed by atoms with Gasteiger partial charge < -0.3 is 10.5 Å². The summed E-state index contributed by atoms with van der Waals surface area (Å²) in [6, 6.07) is 0.260. The lowest BCUT2D eigenvalue weighted by Gasteiger charge is -2.51. The Hall–Kier alpha value is -0.240. The van der Waals surface area contributed by atoms with Crippen molar-refractivity contribution < 1.29 is 14.8 Å². The first-order valence-corrected chi connectivity index (χ1v) is 13.0. The first kappa shape index (κ1) is 24.0. The van der Waals surface area contributed by atoms with Gasteiger partial charge in [-0.15, -0.1) is 0 Å². The summed E-state index contributed by atoms with van der Waals surface area (Å²) in [6.07, 6.45) is 6.40. The van der Waals surface area contributed by atoms with Crippen LogP contribution in [0.2, 0.25) is 0 Å². The number of rotatable bonds is 8. The number of hydrogen-bond acceptors (Lipinski definition) is 6. The second kappa shape index (κ2) is 10.2. The number of nitrogens with one attached hydrogen (secondary N) is 1. The Kier molecular flexibility index (Phi) is 8.74. The maximum Gasteiger partial charge on any atom is 0.223 e. The smallest absolute Gasteiger partial charge is 0.223 e. The molecule has 1 unspecified atom stereocenters. The van der Waals surface area contributed by atoms with Crippen LogP contribution >= 0.6 is 23.5 Å². The van der Waals surface area contributed by atoms with Crippen molar-refractivity contribution in [3.8, 4) is 0 Å². The molecule has 28 heavy (non-hydrogen) atoms. The third-order valence-electron chi connectivity index (χ3n) is 6.15. The molecule has 0 saturated carbocycles. The van der Waals surface area contributed by atoms with Gasteiger partial charge in [0.15, 0.2) is 0 Å². The normalized spacial score (nSPS) is 24.6. The molecule has 0 aliphatic carbocycles. The van der Waals surface area contributed by atoms with Crippen LogP contribution in [0.15, 0.2) is 0 Å². The molecule has 2 heterocycles. The molecule has 7 heteroatoms. The van der Waals surface area contributed by atoms with Crippen molar-refractivity contribution >= 4 is 35.2 Å². The Morgan fingerprint density at radius 2 is 1.75 bits per heavy atom. The first-order chi connectivity index (χ1) is 13.1. The number of carbonyl (C=O) groups is 2. The minimum absolute atomic E-state index is 0.0532. The van der Waals surface area contributed by atoms with E-state index in [1.54, 1.807) is 11.8 Å². The van der Waals surface area contributed by atoms with Crippen LogP contribution in [-0.4, -0.2) is 62.6 Å². The number of carbonyl (C=O) groups excluding carboxylic acids is 2. The summed E-state index contributed by atoms with van der Waals surface area (Å²) in [5, 5.41) is 15.1. The van der Waals surface area contributed by atoms with Crippen molar-refractivity contribution in [1.29, 1.82) is 0 Å². The molecule has 162 valence electrons. The van der Waals surface area contributed by atoms with E-state index in [1.165, 1.54) is 5.06 Å². The highest BCUT2D eigenvalue weighted by Gasteiger charge is 2.47. The summed E-state index contributed by atoms with van der Waals surface area (Å²) in [6.45, 7) is 7.92. The van der Waals surface area contributed by atoms with E-state index in [0.717, 1.165) is 36.5 Å². The summed E-state index contributed by atoms with van der Waals surface area (Å²) >= 11 is 3.67. The van der Waals surface area contributed by atoms with Crippen molar-refractivity contribution in [3.05, 3.63) is 0 Å². The standard InChI is InChI=1S/C21H38N2O3S2/c1-20(2)13-16(14-21(3,4)23(20)26)18(24)12-15(6-9-27-5)19(25)22-17-7-10-28-11-8-17/h15-17,26H,6-14H2,1-5H3,(H,22,25). The third-order valence-corrected chi connectivity index (χ3v) is 7.84. The number of amides is 1. The summed E-state index contributed by atoms with van der Waals surface area (Å²) in [7, 11) is 0. The molecule has 1 amide bonds. The van der Waals surface area contributed by atoms with E-state index in [0.29, 0.717) is 19.3 Å². The molecule has 0 aromatic heterocycles. The lowest BCUT2D eigenvalue weighted by Crippen LogP contribution is -2.60. The van der Waals surface area contributed by atoms with Crippen molar-refractivity contribution in [3.63, 3.8) is 0 Å². The van der Waals surface area contributed by atoms with Crippen molar-refractivity contribution in [2.24, 2.45) is 11.8 Å². The summed E-state index contributed by atoms with van der Waals surface area (Å²) in [5.41, 5.74) is -0.891. The van der Waals surface area contributed by atoms with E-state index in [-0.39, 0.29) is 29.6 Å². The van der Waals surface area contributed by atoms with Crippen LogP contribution in [0.3, 0.4) is 0 Å². The summed E-state index contributed by atoms with van der Waals surface area (Å²) in [5.74, 6) is 2.97. The van der Waals surface area contributed by atoms with Gasteiger partial charge in [0.25, 0.3) is 0 Å². The van der Waals surface area contributed by atoms with Gasteiger partial charge in [0.1, 0.15) is 5.78 Å². The molecule has 2 saturated heterocycles. The maximum absolute atomic E-state index is 13.2. The predicted molar refractivity (Wildman–Crippen MR) is 119 cm³/mol. The van der Waals surface area contributed by atoms with Gasteiger partial charge in [0.05, 0.1) is 0 Å². The zero-order valence-electron chi connectivity index (χ0n) is 18.1. The summed E-state index contributed by atoms with van der Waals surface area (Å²) < 4.78 is 0. The SMILES string of the molecule is CSCCC(CC(=O)C1CC(C)(C)N(O)C(C)(C)C1)C(=O)NC1CCSCC1. The van der Waals surface area contributed by atoms with Gasteiger partial charge in [-0.1, -0.05) is 0 Å². The van der Waals surface area contributed by atoms with Crippen LogP contribution in [0.5, 0.6) is 0 Å². The van der Waals surface area contributed by atoms with Gasteiger partial charge in [-0.25, -0.2) is 0 Å². The molecule has 2 aliphatic heterocycles. The number of Topliss-reactive ketones (excluding diaryl/α,β-unsaturated/α-hetero) is 1. The second-order valence-electron chi connectivity index (χ2n) is 9.59. The Bertz CT molecular complexity index is 530. The van der Waals surface area contributed by atoms with Crippen LogP contribution in [0, 0.1) is 11.8 Å². The highest BCUT2D eigenvalue weighted by Crippen LogP contribution is 2.41. The highest BCUT2D eigenvalue weighted by molar-refractivity contribution is 7.99. The number of hydroxylamine groups is 2. The van der Waals surface area contributed by atoms with Crippen LogP contribution in [0.1, 0.15) is 66.2 Å². The van der Waals surface area contributed by atoms with Crippen LogP contribution in [0.25, 0.3) is 0 Å². The van der Waals surface area contributed by atoms with E-state index in [4.69, 9.17) is 0 Å². The number of piperidine rings is 1. The molecular weight excluding hydrogens is 392 g/mol. The van der Waals surface area contributed by atoms with Gasteiger partial charge in [0, 0.05) is 35.4 Å². The third kappa shape index (κ3) is 6.38. The number of ketones is 1. The molecule has 0 radical (unpaired) electrons. The van der Waals surface area contributed by atoms with Crippen LogP contribution in [-0.2, 0) is 9.59 Å². The molecular formula is C21H38N2O3S2. The lowest BCUT2D eigenvalue weighted by molar-refractivity contribution is -0.249. The van der Waals surface area contributed by atoms with Crippen LogP contribution in [0.4, 0.5) is 0 Å². The van der Waals surface area contributed by atoms with E-state index in [1.807, 2.05) is 45.7 Å². The zero-order valence-corrected chi connectivity index (χ0v) is 19.8. The van der Waals surface area contributed by atoms with E-state index >= 15 is 0 Å². The first-order valence-electron chi connectivity index (χ1n) is 10.5. The lowest BCUT2D eigenvalue weighted by atomic mass is 9.72. The van der Waals surface area contributed by atoms with Crippen molar-refractivity contribution in [2.75, 3.05) is 23.5 Å². The monoisotopic (exact) mass is 430 g/mol. The van der Waals surface area contributed by atoms with Crippen molar-refractivity contribution in [2.45, 2.75) is 83.3 Å². The maximum atomic E-state index is 13.2. The largest absolute Gasteiger partial charge is 0.353 e. The highest BCUT2D eigenvalue weighted by atomic mass is 32.2. The van der Waals surface area contributed by atoms with Gasteiger partial charge in [-0.05, 0) is 83.3 Å². The molecule has 0 aromatic rings. The second-order valence-corrected chi connectivity index (χ2v) is 11.8. The minimum atomic E-state index is -0.446. The summed E-state index contributed by atoms with van der Waals surface area (Å²) in [4.78, 5) is 26.1. The molecule has 1 atom stereocenters. The van der Waals surface area contributed by atoms with Gasteiger partial charge in [-0.3, -0.25) is 9.59 Å². The van der Waals surface area contributed by atoms with Gasteiger partial charge >= 0.3 is 0 Å². The molecule has 0 aromatic carbocycles. The Balaban J connectivity index is 2.02. The number of thioether (sulfide) groups is 2. The molecule has 5 nitrogen and oxygen atoms in total. The molecule has 2 rings (SSSR count). The number of nitrogens with zero attached hydrogens (tertiary/aromatic N) is 1. The minimum Gasteiger partial charge on any atom is -0.353 e. The molecule has 0 bridgehead atoms. The average Bonchev–Trinajstić information content (AvgIpc) is 2.63. The van der Waals surface area contributed by atoms with Gasteiger partial charge in [0.2, 0.25) is 5.91 Å². The molecule has 2 N–H and O–H groups in total. The average molecular weight is 431 g/mol.